The van der Waals surface area contributed by atoms with Crippen LogP contribution in [0.3, 0.4) is 0 Å². The Kier molecular flexibility index (Phi) is 3.81. The van der Waals surface area contributed by atoms with Crippen molar-refractivity contribution in [2.24, 2.45) is 0 Å². The van der Waals surface area contributed by atoms with Gasteiger partial charge in [-0.1, -0.05) is 12.1 Å². The first-order valence-corrected chi connectivity index (χ1v) is 7.79. The van der Waals surface area contributed by atoms with Crippen molar-refractivity contribution in [2.75, 3.05) is 13.2 Å². The molecule has 0 amide bonds. The highest BCUT2D eigenvalue weighted by Gasteiger charge is 2.19. The number of ether oxygens (including phenoxy) is 2. The molecule has 1 aliphatic rings. The largest absolute Gasteiger partial charge is 0.471 e. The summed E-state index contributed by atoms with van der Waals surface area (Å²) in [7, 11) is 0. The Balaban J connectivity index is 1.72. The van der Waals surface area contributed by atoms with Crippen LogP contribution in [0.4, 0.5) is 0 Å². The Bertz CT molecular complexity index is 909. The molecule has 7 heteroatoms. The molecule has 1 saturated heterocycles. The quantitative estimate of drug-likeness (QED) is 0.735. The third-order valence-corrected chi connectivity index (χ3v) is 3.93. The summed E-state index contributed by atoms with van der Waals surface area (Å²) in [6.45, 7) is 1.26. The van der Waals surface area contributed by atoms with Gasteiger partial charge in [0.1, 0.15) is 24.1 Å². The van der Waals surface area contributed by atoms with Gasteiger partial charge in [-0.05, 0) is 25.0 Å². The average Bonchev–Trinajstić information content (AvgIpc) is 3.07. The van der Waals surface area contributed by atoms with Crippen LogP contribution in [-0.4, -0.2) is 38.8 Å². The van der Waals surface area contributed by atoms with Crippen LogP contribution in [0.5, 0.6) is 5.88 Å². The van der Waals surface area contributed by atoms with Crippen molar-refractivity contribution >= 4 is 11.0 Å². The number of para-hydroxylation sites is 2. The molecule has 1 aromatic carbocycles. The van der Waals surface area contributed by atoms with Gasteiger partial charge in [0, 0.05) is 6.61 Å². The maximum atomic E-state index is 9.28. The first kappa shape index (κ1) is 14.6. The van der Waals surface area contributed by atoms with Crippen LogP contribution in [0.25, 0.3) is 17.0 Å². The van der Waals surface area contributed by atoms with Crippen molar-refractivity contribution < 1.29 is 9.47 Å². The van der Waals surface area contributed by atoms with E-state index < -0.39 is 0 Å². The van der Waals surface area contributed by atoms with Crippen LogP contribution in [0.2, 0.25) is 0 Å². The molecule has 0 radical (unpaired) electrons. The van der Waals surface area contributed by atoms with Gasteiger partial charge in [-0.3, -0.25) is 4.57 Å². The van der Waals surface area contributed by atoms with Gasteiger partial charge >= 0.3 is 0 Å². The molecule has 1 fully saturated rings. The van der Waals surface area contributed by atoms with Crippen molar-refractivity contribution in [1.82, 2.24) is 19.5 Å². The van der Waals surface area contributed by atoms with E-state index in [9.17, 15) is 5.26 Å². The van der Waals surface area contributed by atoms with Crippen molar-refractivity contribution in [3.05, 3.63) is 42.4 Å². The Hall–Kier alpha value is -2.98. The Morgan fingerprint density at radius 2 is 2.21 bits per heavy atom. The lowest BCUT2D eigenvalue weighted by Gasteiger charge is -2.23. The van der Waals surface area contributed by atoms with Gasteiger partial charge in [0.15, 0.2) is 0 Å². The number of nitrogens with zero attached hydrogens (tertiary/aromatic N) is 5. The molecule has 1 aliphatic heterocycles. The fraction of sp³-hybridized carbons (Fsp3) is 0.294. The predicted molar refractivity (Wildman–Crippen MR) is 85.8 cm³/mol. The molecule has 2 aromatic heterocycles. The normalized spacial score (nSPS) is 17.5. The second-order valence-electron chi connectivity index (χ2n) is 5.56. The van der Waals surface area contributed by atoms with E-state index in [-0.39, 0.29) is 12.0 Å². The number of rotatable bonds is 3. The van der Waals surface area contributed by atoms with Crippen LogP contribution in [-0.2, 0) is 4.74 Å². The van der Waals surface area contributed by atoms with Gasteiger partial charge in [-0.15, -0.1) is 0 Å². The SMILES string of the molecule is N#Cc1cnc(-n2cnc3ccccc32)nc1OC1CCCOC1. The first-order chi connectivity index (χ1) is 11.8. The van der Waals surface area contributed by atoms with Gasteiger partial charge in [-0.2, -0.15) is 10.2 Å². The Morgan fingerprint density at radius 3 is 3.04 bits per heavy atom. The average molecular weight is 321 g/mol. The number of hydrogen-bond acceptors (Lipinski definition) is 6. The van der Waals surface area contributed by atoms with Crippen LogP contribution in [0.1, 0.15) is 18.4 Å². The highest BCUT2D eigenvalue weighted by molar-refractivity contribution is 5.76. The lowest BCUT2D eigenvalue weighted by Crippen LogP contribution is -2.28. The smallest absolute Gasteiger partial charge is 0.238 e. The molecular weight excluding hydrogens is 306 g/mol. The number of fused-ring (bicyclic) bond motifs is 1. The lowest BCUT2D eigenvalue weighted by atomic mass is 10.2. The molecule has 0 aliphatic carbocycles. The van der Waals surface area contributed by atoms with Crippen LogP contribution >= 0.6 is 0 Å². The molecule has 4 rings (SSSR count). The van der Waals surface area contributed by atoms with Gasteiger partial charge in [-0.25, -0.2) is 9.97 Å². The van der Waals surface area contributed by atoms with Gasteiger partial charge in [0.2, 0.25) is 11.8 Å². The molecule has 0 saturated carbocycles. The number of nitriles is 1. The summed E-state index contributed by atoms with van der Waals surface area (Å²) in [5, 5.41) is 9.28. The van der Waals surface area contributed by atoms with Gasteiger partial charge in [0.05, 0.1) is 23.8 Å². The maximum absolute atomic E-state index is 9.28. The van der Waals surface area contributed by atoms with E-state index in [0.29, 0.717) is 18.1 Å². The molecule has 0 spiro atoms. The minimum absolute atomic E-state index is 0.0897. The molecule has 24 heavy (non-hydrogen) atoms. The molecule has 1 atom stereocenters. The molecule has 0 N–H and O–H groups in total. The number of hydrogen-bond donors (Lipinski definition) is 0. The van der Waals surface area contributed by atoms with Gasteiger partial charge in [0.25, 0.3) is 0 Å². The number of benzene rings is 1. The minimum atomic E-state index is -0.0897. The van der Waals surface area contributed by atoms with Gasteiger partial charge < -0.3 is 9.47 Å². The molecule has 3 aromatic rings. The zero-order chi connectivity index (χ0) is 16.4. The fourth-order valence-corrected chi connectivity index (χ4v) is 2.72. The van der Waals surface area contributed by atoms with E-state index in [1.165, 1.54) is 6.20 Å². The van der Waals surface area contributed by atoms with E-state index in [2.05, 4.69) is 21.0 Å². The minimum Gasteiger partial charge on any atom is -0.471 e. The second kappa shape index (κ2) is 6.26. The van der Waals surface area contributed by atoms with Crippen molar-refractivity contribution in [3.63, 3.8) is 0 Å². The monoisotopic (exact) mass is 321 g/mol. The molecule has 120 valence electrons. The fourth-order valence-electron chi connectivity index (χ4n) is 2.72. The first-order valence-electron chi connectivity index (χ1n) is 7.79. The number of imidazole rings is 1. The maximum Gasteiger partial charge on any atom is 0.238 e. The van der Waals surface area contributed by atoms with Crippen LogP contribution < -0.4 is 4.74 Å². The second-order valence-corrected chi connectivity index (χ2v) is 5.56. The summed E-state index contributed by atoms with van der Waals surface area (Å²) in [6, 6.07) is 9.80. The number of aromatic nitrogens is 4. The lowest BCUT2D eigenvalue weighted by molar-refractivity contribution is 0.00530. The molecule has 0 bridgehead atoms. The summed E-state index contributed by atoms with van der Waals surface area (Å²) in [4.78, 5) is 13.1. The zero-order valence-corrected chi connectivity index (χ0v) is 12.9. The van der Waals surface area contributed by atoms with E-state index >= 15 is 0 Å². The Labute approximate surface area is 138 Å². The van der Waals surface area contributed by atoms with E-state index in [4.69, 9.17) is 9.47 Å². The molecule has 1 unspecified atom stereocenters. The van der Waals surface area contributed by atoms with E-state index in [1.807, 2.05) is 24.3 Å². The predicted octanol–water partition coefficient (Wildman–Crippen LogP) is 2.24. The molecule has 3 heterocycles. The standard InChI is InChI=1S/C17H15N5O2/c18-8-12-9-19-17(21-16(12)24-13-4-3-7-23-10-13)22-11-20-14-5-1-2-6-15(14)22/h1-2,5-6,9,11,13H,3-4,7,10H2. The third kappa shape index (κ3) is 2.68. The van der Waals surface area contributed by atoms with Crippen LogP contribution in [0, 0.1) is 11.3 Å². The van der Waals surface area contributed by atoms with E-state index in [0.717, 1.165) is 30.5 Å². The molecular formula is C17H15N5O2. The molecule has 7 nitrogen and oxygen atoms in total. The summed E-state index contributed by atoms with van der Waals surface area (Å²) in [5.41, 5.74) is 2.07. The third-order valence-electron chi connectivity index (χ3n) is 3.93. The van der Waals surface area contributed by atoms with Crippen molar-refractivity contribution in [2.45, 2.75) is 18.9 Å². The topological polar surface area (TPSA) is 85.9 Å². The van der Waals surface area contributed by atoms with Crippen LogP contribution in [0.15, 0.2) is 36.8 Å². The van der Waals surface area contributed by atoms with Crippen molar-refractivity contribution in [1.29, 1.82) is 5.26 Å². The Morgan fingerprint density at radius 1 is 1.29 bits per heavy atom. The zero-order valence-electron chi connectivity index (χ0n) is 12.9. The summed E-state index contributed by atoms with van der Waals surface area (Å²) >= 11 is 0. The highest BCUT2D eigenvalue weighted by Crippen LogP contribution is 2.22. The summed E-state index contributed by atoms with van der Waals surface area (Å²) in [6.07, 6.45) is 4.89. The van der Waals surface area contributed by atoms with Crippen molar-refractivity contribution in [3.8, 4) is 17.9 Å². The summed E-state index contributed by atoms with van der Waals surface area (Å²) < 4.78 is 13.1. The van der Waals surface area contributed by atoms with E-state index in [1.54, 1.807) is 10.9 Å². The summed E-state index contributed by atoms with van der Waals surface area (Å²) in [5.74, 6) is 0.713. The highest BCUT2D eigenvalue weighted by atomic mass is 16.5.